The average molecular weight is 262 g/mol. The molecule has 18 heavy (non-hydrogen) atoms. The predicted molar refractivity (Wildman–Crippen MR) is 72.4 cm³/mol. The van der Waals surface area contributed by atoms with Gasteiger partial charge in [-0.25, -0.2) is 0 Å². The summed E-state index contributed by atoms with van der Waals surface area (Å²) in [4.78, 5) is 11.1. The quantitative estimate of drug-likeness (QED) is 0.878. The number of aryl methyl sites for hydroxylation is 1. The van der Waals surface area contributed by atoms with Gasteiger partial charge in [-0.15, -0.1) is 10.2 Å². The van der Waals surface area contributed by atoms with Crippen molar-refractivity contribution in [2.24, 2.45) is 5.73 Å². The third-order valence-corrected chi connectivity index (χ3v) is 3.35. The summed E-state index contributed by atoms with van der Waals surface area (Å²) in [6, 6.07) is 8.14. The van der Waals surface area contributed by atoms with E-state index in [1.807, 2.05) is 12.1 Å². The van der Waals surface area contributed by atoms with Crippen molar-refractivity contribution in [3.8, 4) is 10.6 Å². The van der Waals surface area contributed by atoms with Gasteiger partial charge in [0.2, 0.25) is 11.0 Å². The van der Waals surface area contributed by atoms with Crippen LogP contribution in [0.1, 0.15) is 12.5 Å². The molecule has 1 amide bonds. The first-order valence-corrected chi connectivity index (χ1v) is 6.47. The first-order valence-electron chi connectivity index (χ1n) is 5.65. The van der Waals surface area contributed by atoms with Crippen molar-refractivity contribution in [3.05, 3.63) is 29.8 Å². The largest absolute Gasteiger partial charge is 0.322 e. The first-order chi connectivity index (χ1) is 8.72. The van der Waals surface area contributed by atoms with Gasteiger partial charge in [-0.2, -0.15) is 0 Å². The van der Waals surface area contributed by atoms with Crippen LogP contribution in [0.3, 0.4) is 0 Å². The summed E-state index contributed by atoms with van der Waals surface area (Å²) < 4.78 is 0. The van der Waals surface area contributed by atoms with Gasteiger partial charge in [0.1, 0.15) is 5.01 Å². The maximum absolute atomic E-state index is 11.1. The minimum atomic E-state index is -0.265. The molecule has 2 aromatic rings. The Morgan fingerprint density at radius 1 is 1.33 bits per heavy atom. The highest BCUT2D eigenvalue weighted by Crippen LogP contribution is 2.26. The van der Waals surface area contributed by atoms with Crippen molar-refractivity contribution in [1.29, 1.82) is 0 Å². The maximum atomic E-state index is 11.1. The second kappa shape index (κ2) is 5.70. The number of amides is 1. The molecule has 0 aliphatic heterocycles. The van der Waals surface area contributed by atoms with Gasteiger partial charge in [0.05, 0.1) is 6.54 Å². The molecule has 0 aliphatic carbocycles. The smallest absolute Gasteiger partial charge is 0.239 e. The lowest BCUT2D eigenvalue weighted by Gasteiger charge is -1.98. The molecule has 0 atom stereocenters. The summed E-state index contributed by atoms with van der Waals surface area (Å²) in [5.41, 5.74) is 7.49. The number of nitrogens with two attached hydrogens (primary N) is 1. The van der Waals surface area contributed by atoms with Gasteiger partial charge < -0.3 is 5.73 Å². The van der Waals surface area contributed by atoms with Crippen LogP contribution in [0.5, 0.6) is 0 Å². The molecule has 0 radical (unpaired) electrons. The molecular formula is C12H14N4OS. The molecule has 0 fully saturated rings. The van der Waals surface area contributed by atoms with E-state index in [0.717, 1.165) is 17.0 Å². The van der Waals surface area contributed by atoms with Gasteiger partial charge in [-0.3, -0.25) is 10.1 Å². The van der Waals surface area contributed by atoms with Crippen molar-refractivity contribution in [2.45, 2.75) is 13.3 Å². The average Bonchev–Trinajstić information content (AvgIpc) is 2.87. The van der Waals surface area contributed by atoms with E-state index in [1.54, 1.807) is 0 Å². The standard InChI is InChI=1S/C12H14N4OS/c1-2-8-3-5-9(6-4-8)11-15-16-12(18-11)14-10(17)7-13/h3-6H,2,7,13H2,1H3,(H,14,16,17). The molecule has 1 heterocycles. The highest BCUT2D eigenvalue weighted by Gasteiger charge is 2.08. The fourth-order valence-corrected chi connectivity index (χ4v) is 2.21. The number of hydrogen-bond acceptors (Lipinski definition) is 5. The fourth-order valence-electron chi connectivity index (χ4n) is 1.44. The predicted octanol–water partition coefficient (Wildman–Crippen LogP) is 1.66. The Kier molecular flexibility index (Phi) is 4.01. The number of anilines is 1. The van der Waals surface area contributed by atoms with Crippen LogP contribution in [0.2, 0.25) is 0 Å². The van der Waals surface area contributed by atoms with E-state index in [0.29, 0.717) is 5.13 Å². The zero-order valence-electron chi connectivity index (χ0n) is 10.0. The SMILES string of the molecule is CCc1ccc(-c2nnc(NC(=O)CN)s2)cc1. The highest BCUT2D eigenvalue weighted by molar-refractivity contribution is 7.18. The molecule has 0 saturated heterocycles. The second-order valence-electron chi connectivity index (χ2n) is 3.72. The third kappa shape index (κ3) is 2.91. The molecule has 0 saturated carbocycles. The summed E-state index contributed by atoms with van der Waals surface area (Å²) in [5.74, 6) is -0.265. The van der Waals surface area contributed by atoms with Crippen LogP contribution in [0.15, 0.2) is 24.3 Å². The van der Waals surface area contributed by atoms with Crippen LogP contribution in [0.25, 0.3) is 10.6 Å². The lowest BCUT2D eigenvalue weighted by molar-refractivity contribution is -0.114. The van der Waals surface area contributed by atoms with Crippen LogP contribution in [-0.4, -0.2) is 22.6 Å². The molecular weight excluding hydrogens is 248 g/mol. The van der Waals surface area contributed by atoms with Crippen molar-refractivity contribution < 1.29 is 4.79 Å². The number of rotatable bonds is 4. The van der Waals surface area contributed by atoms with Gasteiger partial charge in [-0.1, -0.05) is 42.5 Å². The van der Waals surface area contributed by atoms with Gasteiger partial charge in [-0.05, 0) is 12.0 Å². The molecule has 3 N–H and O–H groups in total. The lowest BCUT2D eigenvalue weighted by Crippen LogP contribution is -2.21. The Bertz CT molecular complexity index is 535. The number of carbonyl (C=O) groups is 1. The molecule has 5 nitrogen and oxygen atoms in total. The van der Waals surface area contributed by atoms with Gasteiger partial charge in [0, 0.05) is 5.56 Å². The number of benzene rings is 1. The van der Waals surface area contributed by atoms with Gasteiger partial charge in [0.15, 0.2) is 0 Å². The molecule has 6 heteroatoms. The summed E-state index contributed by atoms with van der Waals surface area (Å²) in [7, 11) is 0. The molecule has 0 aliphatic rings. The number of carbonyl (C=O) groups excluding carboxylic acids is 1. The zero-order chi connectivity index (χ0) is 13.0. The van der Waals surface area contributed by atoms with E-state index in [9.17, 15) is 4.79 Å². The Morgan fingerprint density at radius 3 is 2.67 bits per heavy atom. The molecule has 0 unspecified atom stereocenters. The Labute approximate surface area is 109 Å². The lowest BCUT2D eigenvalue weighted by atomic mass is 10.1. The molecule has 1 aromatic heterocycles. The van der Waals surface area contributed by atoms with E-state index in [-0.39, 0.29) is 12.5 Å². The number of aromatic nitrogens is 2. The normalized spacial score (nSPS) is 10.3. The van der Waals surface area contributed by atoms with E-state index < -0.39 is 0 Å². The molecule has 0 bridgehead atoms. The number of hydrogen-bond donors (Lipinski definition) is 2. The van der Waals surface area contributed by atoms with Gasteiger partial charge >= 0.3 is 0 Å². The second-order valence-corrected chi connectivity index (χ2v) is 4.69. The Morgan fingerprint density at radius 2 is 2.06 bits per heavy atom. The van der Waals surface area contributed by atoms with Crippen molar-refractivity contribution in [3.63, 3.8) is 0 Å². The molecule has 0 spiro atoms. The molecule has 94 valence electrons. The van der Waals surface area contributed by atoms with Crippen LogP contribution in [0, 0.1) is 0 Å². The van der Waals surface area contributed by atoms with E-state index >= 15 is 0 Å². The van der Waals surface area contributed by atoms with Crippen LogP contribution in [0.4, 0.5) is 5.13 Å². The van der Waals surface area contributed by atoms with E-state index in [1.165, 1.54) is 16.9 Å². The minimum absolute atomic E-state index is 0.0554. The highest BCUT2D eigenvalue weighted by atomic mass is 32.1. The first kappa shape index (κ1) is 12.7. The summed E-state index contributed by atoms with van der Waals surface area (Å²) in [5, 5.41) is 11.8. The minimum Gasteiger partial charge on any atom is -0.322 e. The monoisotopic (exact) mass is 262 g/mol. The Balaban J connectivity index is 2.15. The summed E-state index contributed by atoms with van der Waals surface area (Å²) in [6.45, 7) is 2.06. The Hall–Kier alpha value is -1.79. The number of nitrogens with one attached hydrogen (secondary N) is 1. The van der Waals surface area contributed by atoms with Crippen LogP contribution < -0.4 is 11.1 Å². The van der Waals surface area contributed by atoms with Crippen molar-refractivity contribution >= 4 is 22.4 Å². The third-order valence-electron chi connectivity index (χ3n) is 2.47. The summed E-state index contributed by atoms with van der Waals surface area (Å²) in [6.07, 6.45) is 1.01. The van der Waals surface area contributed by atoms with Crippen molar-refractivity contribution in [2.75, 3.05) is 11.9 Å². The number of nitrogens with zero attached hydrogens (tertiary/aromatic N) is 2. The van der Waals surface area contributed by atoms with Gasteiger partial charge in [0.25, 0.3) is 0 Å². The fraction of sp³-hybridized carbons (Fsp3) is 0.250. The van der Waals surface area contributed by atoms with Crippen LogP contribution in [-0.2, 0) is 11.2 Å². The van der Waals surface area contributed by atoms with Crippen LogP contribution >= 0.6 is 11.3 Å². The van der Waals surface area contributed by atoms with E-state index in [2.05, 4.69) is 34.6 Å². The topological polar surface area (TPSA) is 80.9 Å². The molecule has 1 aromatic carbocycles. The maximum Gasteiger partial charge on any atom is 0.239 e. The molecule has 2 rings (SSSR count). The zero-order valence-corrected chi connectivity index (χ0v) is 10.8. The van der Waals surface area contributed by atoms with E-state index in [4.69, 9.17) is 5.73 Å². The summed E-state index contributed by atoms with van der Waals surface area (Å²) >= 11 is 1.33. The van der Waals surface area contributed by atoms with Crippen molar-refractivity contribution in [1.82, 2.24) is 10.2 Å².